The van der Waals surface area contributed by atoms with Gasteiger partial charge >= 0.3 is 0 Å². The Balaban J connectivity index is 1.59. The number of rotatable bonds is 4. The predicted molar refractivity (Wildman–Crippen MR) is 103 cm³/mol. The van der Waals surface area contributed by atoms with Gasteiger partial charge in [-0.25, -0.2) is 4.98 Å². The monoisotopic (exact) mass is 341 g/mol. The standard InChI is InChI=1S/C23H21N2O/c1-17-8-10-20(11-9-17)22-14-24-23(26-22)21-7-4-12-25(16-21)15-19-6-3-5-18(2)13-19/h3-14,16H,15H2,1-2H3/q+1. The fraction of sp³-hybridized carbons (Fsp3) is 0.130. The third-order valence-electron chi connectivity index (χ3n) is 4.39. The van der Waals surface area contributed by atoms with Gasteiger partial charge in [0.1, 0.15) is 5.56 Å². The smallest absolute Gasteiger partial charge is 0.232 e. The molecule has 0 radical (unpaired) electrons. The van der Waals surface area contributed by atoms with Gasteiger partial charge in [-0.3, -0.25) is 0 Å². The molecule has 0 aliphatic carbocycles. The van der Waals surface area contributed by atoms with E-state index in [1.807, 2.05) is 12.1 Å². The molecular formula is C23H21N2O+. The normalized spacial score (nSPS) is 10.8. The second-order valence-corrected chi connectivity index (χ2v) is 6.65. The summed E-state index contributed by atoms with van der Waals surface area (Å²) in [6.45, 7) is 5.01. The van der Waals surface area contributed by atoms with Gasteiger partial charge in [0.25, 0.3) is 0 Å². The first kappa shape index (κ1) is 16.3. The lowest BCUT2D eigenvalue weighted by Crippen LogP contribution is -2.33. The number of aryl methyl sites for hydroxylation is 2. The third kappa shape index (κ3) is 3.57. The lowest BCUT2D eigenvalue weighted by molar-refractivity contribution is -0.687. The van der Waals surface area contributed by atoms with Crippen molar-refractivity contribution in [2.75, 3.05) is 0 Å². The highest BCUT2D eigenvalue weighted by Crippen LogP contribution is 2.25. The number of nitrogens with zero attached hydrogens (tertiary/aromatic N) is 2. The molecule has 4 rings (SSSR count). The van der Waals surface area contributed by atoms with Crippen LogP contribution in [0.1, 0.15) is 16.7 Å². The molecule has 2 aromatic heterocycles. The number of pyridine rings is 1. The number of oxazole rings is 1. The fourth-order valence-corrected chi connectivity index (χ4v) is 3.03. The van der Waals surface area contributed by atoms with Gasteiger partial charge in [0.05, 0.1) is 6.20 Å². The first-order valence-corrected chi connectivity index (χ1v) is 8.75. The number of benzene rings is 2. The molecule has 0 saturated carbocycles. The summed E-state index contributed by atoms with van der Waals surface area (Å²) >= 11 is 0. The van der Waals surface area contributed by atoms with Gasteiger partial charge in [-0.15, -0.1) is 0 Å². The molecule has 3 nitrogen and oxygen atoms in total. The zero-order valence-corrected chi connectivity index (χ0v) is 15.0. The molecule has 0 N–H and O–H groups in total. The van der Waals surface area contributed by atoms with E-state index in [2.05, 4.69) is 84.3 Å². The molecule has 2 aromatic carbocycles. The van der Waals surface area contributed by atoms with E-state index in [0.29, 0.717) is 5.89 Å². The van der Waals surface area contributed by atoms with Crippen molar-refractivity contribution >= 4 is 0 Å². The van der Waals surface area contributed by atoms with Crippen LogP contribution in [0.4, 0.5) is 0 Å². The van der Waals surface area contributed by atoms with Crippen LogP contribution in [0.25, 0.3) is 22.8 Å². The van der Waals surface area contributed by atoms with Crippen LogP contribution in [0.2, 0.25) is 0 Å². The van der Waals surface area contributed by atoms with Gasteiger partial charge in [0, 0.05) is 17.2 Å². The molecule has 0 saturated heterocycles. The highest BCUT2D eigenvalue weighted by Gasteiger charge is 2.12. The topological polar surface area (TPSA) is 29.9 Å². The van der Waals surface area contributed by atoms with E-state index >= 15 is 0 Å². The first-order valence-electron chi connectivity index (χ1n) is 8.75. The quantitative estimate of drug-likeness (QED) is 0.491. The summed E-state index contributed by atoms with van der Waals surface area (Å²) in [6, 6.07) is 20.9. The molecule has 0 amide bonds. The lowest BCUT2D eigenvalue weighted by Gasteiger charge is -2.01. The molecule has 0 aliphatic rings. The summed E-state index contributed by atoms with van der Waals surface area (Å²) in [6.07, 6.45) is 5.93. The predicted octanol–water partition coefficient (Wildman–Crippen LogP) is 4.96. The van der Waals surface area contributed by atoms with Gasteiger partial charge < -0.3 is 4.42 Å². The van der Waals surface area contributed by atoms with Crippen LogP contribution in [0.5, 0.6) is 0 Å². The molecule has 3 heteroatoms. The van der Waals surface area contributed by atoms with E-state index < -0.39 is 0 Å². The average Bonchev–Trinajstić information content (AvgIpc) is 3.13. The third-order valence-corrected chi connectivity index (χ3v) is 4.39. The van der Waals surface area contributed by atoms with Crippen LogP contribution in [-0.4, -0.2) is 4.98 Å². The molecule has 26 heavy (non-hydrogen) atoms. The zero-order valence-electron chi connectivity index (χ0n) is 15.0. The Hall–Kier alpha value is -3.20. The van der Waals surface area contributed by atoms with E-state index in [-0.39, 0.29) is 0 Å². The highest BCUT2D eigenvalue weighted by molar-refractivity contribution is 5.60. The Labute approximate surface area is 153 Å². The van der Waals surface area contributed by atoms with Crippen molar-refractivity contribution in [2.24, 2.45) is 0 Å². The minimum Gasteiger partial charge on any atom is -0.436 e. The highest BCUT2D eigenvalue weighted by atomic mass is 16.4. The Kier molecular flexibility index (Phi) is 4.36. The molecule has 0 atom stereocenters. The van der Waals surface area contributed by atoms with Crippen LogP contribution >= 0.6 is 0 Å². The van der Waals surface area contributed by atoms with Crippen molar-refractivity contribution < 1.29 is 8.98 Å². The van der Waals surface area contributed by atoms with Crippen LogP contribution in [-0.2, 0) is 6.54 Å². The summed E-state index contributed by atoms with van der Waals surface area (Å²) in [7, 11) is 0. The molecule has 128 valence electrons. The van der Waals surface area contributed by atoms with Gasteiger partial charge in [0.15, 0.2) is 24.7 Å². The van der Waals surface area contributed by atoms with Gasteiger partial charge in [-0.2, -0.15) is 4.57 Å². The van der Waals surface area contributed by atoms with Crippen molar-refractivity contribution in [1.82, 2.24) is 4.98 Å². The van der Waals surface area contributed by atoms with Crippen LogP contribution < -0.4 is 4.57 Å². The number of hydrogen-bond acceptors (Lipinski definition) is 2. The molecule has 0 aliphatic heterocycles. The summed E-state index contributed by atoms with van der Waals surface area (Å²) in [4.78, 5) is 4.47. The Morgan fingerprint density at radius 3 is 2.54 bits per heavy atom. The van der Waals surface area contributed by atoms with E-state index in [4.69, 9.17) is 4.42 Å². The number of hydrogen-bond donors (Lipinski definition) is 0. The molecule has 4 aromatic rings. The average molecular weight is 341 g/mol. The first-order chi connectivity index (χ1) is 12.7. The summed E-state index contributed by atoms with van der Waals surface area (Å²) in [5.41, 5.74) is 5.79. The Bertz CT molecular complexity index is 1030. The van der Waals surface area contributed by atoms with E-state index in [9.17, 15) is 0 Å². The van der Waals surface area contributed by atoms with Gasteiger partial charge in [-0.05, 0) is 26.0 Å². The maximum Gasteiger partial charge on any atom is 0.232 e. The molecule has 2 heterocycles. The maximum absolute atomic E-state index is 6.00. The van der Waals surface area contributed by atoms with Crippen LogP contribution in [0.3, 0.4) is 0 Å². The van der Waals surface area contributed by atoms with Crippen molar-refractivity contribution in [1.29, 1.82) is 0 Å². The number of aromatic nitrogens is 2. The summed E-state index contributed by atoms with van der Waals surface area (Å²) in [5.74, 6) is 1.42. The van der Waals surface area contributed by atoms with Gasteiger partial charge in [0.2, 0.25) is 5.89 Å². The summed E-state index contributed by atoms with van der Waals surface area (Å²) < 4.78 is 8.15. The minimum atomic E-state index is 0.638. The van der Waals surface area contributed by atoms with Crippen molar-refractivity contribution in [3.8, 4) is 22.8 Å². The van der Waals surface area contributed by atoms with E-state index in [1.165, 1.54) is 16.7 Å². The molecule has 0 fully saturated rings. The van der Waals surface area contributed by atoms with E-state index in [1.54, 1.807) is 6.20 Å². The minimum absolute atomic E-state index is 0.638. The van der Waals surface area contributed by atoms with Gasteiger partial charge in [-0.1, -0.05) is 53.6 Å². The fourth-order valence-electron chi connectivity index (χ4n) is 3.03. The van der Waals surface area contributed by atoms with Crippen molar-refractivity contribution in [2.45, 2.75) is 20.4 Å². The summed E-state index contributed by atoms with van der Waals surface area (Å²) in [5, 5.41) is 0. The van der Waals surface area contributed by atoms with Crippen molar-refractivity contribution in [3.05, 3.63) is 95.9 Å². The Morgan fingerprint density at radius 1 is 0.885 bits per heavy atom. The molecule has 0 spiro atoms. The molecular weight excluding hydrogens is 320 g/mol. The second-order valence-electron chi connectivity index (χ2n) is 6.65. The van der Waals surface area contributed by atoms with Crippen molar-refractivity contribution in [3.63, 3.8) is 0 Å². The van der Waals surface area contributed by atoms with E-state index in [0.717, 1.165) is 23.4 Å². The molecule has 0 unspecified atom stereocenters. The maximum atomic E-state index is 6.00. The SMILES string of the molecule is Cc1ccc(-c2cnc(-c3ccc[n+](Cc4cccc(C)c4)c3)o2)cc1. The zero-order chi connectivity index (χ0) is 17.9. The largest absolute Gasteiger partial charge is 0.436 e. The van der Waals surface area contributed by atoms with Crippen LogP contribution in [0, 0.1) is 13.8 Å². The molecule has 0 bridgehead atoms. The lowest BCUT2D eigenvalue weighted by atomic mass is 10.1. The Morgan fingerprint density at radius 2 is 1.73 bits per heavy atom. The second kappa shape index (κ2) is 6.96. The van der Waals surface area contributed by atoms with Crippen LogP contribution in [0.15, 0.2) is 83.7 Å².